The van der Waals surface area contributed by atoms with Gasteiger partial charge in [-0.05, 0) is 24.3 Å². The van der Waals surface area contributed by atoms with Crippen molar-refractivity contribution in [2.24, 2.45) is 5.92 Å². The second kappa shape index (κ2) is 7.58. The second-order valence-corrected chi connectivity index (χ2v) is 6.29. The van der Waals surface area contributed by atoms with E-state index >= 15 is 0 Å². The monoisotopic (exact) mass is 372 g/mol. The number of benzene rings is 2. The number of para-hydroxylation sites is 2. The van der Waals surface area contributed by atoms with E-state index in [4.69, 9.17) is 16.3 Å². The Morgan fingerprint density at radius 1 is 1.15 bits per heavy atom. The Morgan fingerprint density at radius 2 is 1.85 bits per heavy atom. The number of nitrogens with one attached hydrogen (secondary N) is 1. The highest BCUT2D eigenvalue weighted by Crippen LogP contribution is 2.31. The first-order valence-electron chi connectivity index (χ1n) is 8.04. The molecule has 1 unspecified atom stereocenters. The number of esters is 1. The second-order valence-electron chi connectivity index (χ2n) is 5.88. The number of nitrogens with zero attached hydrogens (tertiary/aromatic N) is 1. The number of halogens is 1. The number of anilines is 2. The van der Waals surface area contributed by atoms with Crippen molar-refractivity contribution in [1.82, 2.24) is 0 Å². The summed E-state index contributed by atoms with van der Waals surface area (Å²) in [6, 6.07) is 13.6. The highest BCUT2D eigenvalue weighted by atomic mass is 35.5. The molecule has 6 nitrogen and oxygen atoms in total. The minimum atomic E-state index is -0.541. The fourth-order valence-corrected chi connectivity index (χ4v) is 3.14. The minimum Gasteiger partial charge on any atom is -0.465 e. The van der Waals surface area contributed by atoms with Crippen LogP contribution in [0.15, 0.2) is 48.5 Å². The van der Waals surface area contributed by atoms with E-state index in [1.165, 1.54) is 12.0 Å². The molecule has 0 aromatic heterocycles. The number of methoxy groups -OCH3 is 1. The van der Waals surface area contributed by atoms with Crippen molar-refractivity contribution in [3.63, 3.8) is 0 Å². The zero-order valence-electron chi connectivity index (χ0n) is 14.1. The van der Waals surface area contributed by atoms with E-state index < -0.39 is 11.9 Å². The average Bonchev–Trinajstić information content (AvgIpc) is 3.03. The first-order valence-corrected chi connectivity index (χ1v) is 8.42. The van der Waals surface area contributed by atoms with Gasteiger partial charge < -0.3 is 15.0 Å². The van der Waals surface area contributed by atoms with Crippen LogP contribution in [-0.4, -0.2) is 31.4 Å². The Bertz CT molecular complexity index is 868. The highest BCUT2D eigenvalue weighted by Gasteiger charge is 2.36. The van der Waals surface area contributed by atoms with Crippen LogP contribution in [0.2, 0.25) is 5.02 Å². The van der Waals surface area contributed by atoms with Gasteiger partial charge >= 0.3 is 5.97 Å². The Hall–Kier alpha value is -2.86. The molecule has 1 aliphatic rings. The van der Waals surface area contributed by atoms with E-state index in [0.29, 0.717) is 16.4 Å². The van der Waals surface area contributed by atoms with Gasteiger partial charge in [0.1, 0.15) is 0 Å². The molecule has 7 heteroatoms. The van der Waals surface area contributed by atoms with Gasteiger partial charge in [0, 0.05) is 13.0 Å². The molecule has 26 heavy (non-hydrogen) atoms. The molecule has 2 aromatic rings. The largest absolute Gasteiger partial charge is 0.465 e. The smallest absolute Gasteiger partial charge is 0.339 e. The lowest BCUT2D eigenvalue weighted by atomic mass is 10.1. The van der Waals surface area contributed by atoms with E-state index in [1.54, 1.807) is 48.5 Å². The van der Waals surface area contributed by atoms with Gasteiger partial charge in [-0.25, -0.2) is 4.79 Å². The predicted molar refractivity (Wildman–Crippen MR) is 98.3 cm³/mol. The van der Waals surface area contributed by atoms with Crippen LogP contribution in [0.5, 0.6) is 0 Å². The van der Waals surface area contributed by atoms with Crippen molar-refractivity contribution in [3.05, 3.63) is 59.1 Å². The quantitative estimate of drug-likeness (QED) is 0.837. The van der Waals surface area contributed by atoms with Gasteiger partial charge in [-0.3, -0.25) is 9.59 Å². The maximum atomic E-state index is 12.6. The molecule has 1 aliphatic heterocycles. The summed E-state index contributed by atoms with van der Waals surface area (Å²) in [4.78, 5) is 38.3. The van der Waals surface area contributed by atoms with Crippen LogP contribution in [0.25, 0.3) is 0 Å². The minimum absolute atomic E-state index is 0.0808. The van der Waals surface area contributed by atoms with Crippen molar-refractivity contribution in [3.8, 4) is 0 Å². The number of carbonyl (C=O) groups excluding carboxylic acids is 3. The number of hydrogen-bond acceptors (Lipinski definition) is 4. The number of rotatable bonds is 4. The van der Waals surface area contributed by atoms with Crippen LogP contribution in [0.3, 0.4) is 0 Å². The standard InChI is InChI=1S/C19H17ClN2O4/c1-26-19(25)13-6-2-4-8-15(13)21-18(24)12-10-17(23)22(11-12)16-9-5-3-7-14(16)20/h2-9,12H,10-11H2,1H3,(H,21,24). The molecule has 0 aliphatic carbocycles. The Kier molecular flexibility index (Phi) is 5.23. The lowest BCUT2D eigenvalue weighted by Gasteiger charge is -2.18. The van der Waals surface area contributed by atoms with E-state index in [1.807, 2.05) is 0 Å². The summed E-state index contributed by atoms with van der Waals surface area (Å²) >= 11 is 6.15. The fraction of sp³-hybridized carbons (Fsp3) is 0.211. The Balaban J connectivity index is 1.76. The first-order chi connectivity index (χ1) is 12.5. The van der Waals surface area contributed by atoms with Crippen molar-refractivity contribution in [2.75, 3.05) is 23.9 Å². The molecule has 1 saturated heterocycles. The summed E-state index contributed by atoms with van der Waals surface area (Å²) in [5.41, 5.74) is 1.20. The molecule has 2 amide bonds. The fourth-order valence-electron chi connectivity index (χ4n) is 2.90. The zero-order valence-corrected chi connectivity index (χ0v) is 14.8. The molecule has 134 valence electrons. The van der Waals surface area contributed by atoms with Crippen molar-refractivity contribution >= 4 is 40.8 Å². The maximum absolute atomic E-state index is 12.6. The van der Waals surface area contributed by atoms with Gasteiger partial charge in [-0.15, -0.1) is 0 Å². The zero-order chi connectivity index (χ0) is 18.7. The number of ether oxygens (including phenoxy) is 1. The molecule has 0 saturated carbocycles. The lowest BCUT2D eigenvalue weighted by molar-refractivity contribution is -0.122. The van der Waals surface area contributed by atoms with Crippen molar-refractivity contribution in [1.29, 1.82) is 0 Å². The molecule has 1 fully saturated rings. The van der Waals surface area contributed by atoms with Crippen molar-refractivity contribution < 1.29 is 19.1 Å². The van der Waals surface area contributed by atoms with Crippen LogP contribution >= 0.6 is 11.6 Å². The van der Waals surface area contributed by atoms with Gasteiger partial charge in [-0.2, -0.15) is 0 Å². The third-order valence-corrected chi connectivity index (χ3v) is 4.55. The summed E-state index contributed by atoms with van der Waals surface area (Å²) in [6.45, 7) is 0.231. The van der Waals surface area contributed by atoms with Gasteiger partial charge in [0.05, 0.1) is 35.0 Å². The molecular formula is C19H17ClN2O4. The summed E-state index contributed by atoms with van der Waals surface area (Å²) < 4.78 is 4.72. The number of carbonyl (C=O) groups is 3. The van der Waals surface area contributed by atoms with Crippen LogP contribution in [0.4, 0.5) is 11.4 Å². The molecule has 0 bridgehead atoms. The van der Waals surface area contributed by atoms with Gasteiger partial charge in [0.2, 0.25) is 11.8 Å². The van der Waals surface area contributed by atoms with E-state index in [-0.39, 0.29) is 30.3 Å². The summed E-state index contributed by atoms with van der Waals surface area (Å²) in [5, 5.41) is 3.18. The Labute approximate surface area is 155 Å². The lowest BCUT2D eigenvalue weighted by Crippen LogP contribution is -2.28. The molecule has 1 atom stereocenters. The third-order valence-electron chi connectivity index (χ3n) is 4.23. The van der Waals surface area contributed by atoms with Crippen LogP contribution < -0.4 is 10.2 Å². The molecule has 1 N–H and O–H groups in total. The predicted octanol–water partition coefficient (Wildman–Crippen LogP) is 3.12. The molecule has 2 aromatic carbocycles. The molecule has 3 rings (SSSR count). The van der Waals surface area contributed by atoms with Crippen LogP contribution in [-0.2, 0) is 14.3 Å². The van der Waals surface area contributed by atoms with Crippen LogP contribution in [0.1, 0.15) is 16.8 Å². The topological polar surface area (TPSA) is 75.7 Å². The summed E-state index contributed by atoms with van der Waals surface area (Å²) in [7, 11) is 1.28. The maximum Gasteiger partial charge on any atom is 0.339 e. The van der Waals surface area contributed by atoms with Gasteiger partial charge in [0.15, 0.2) is 0 Å². The Morgan fingerprint density at radius 3 is 2.58 bits per heavy atom. The van der Waals surface area contributed by atoms with E-state index in [0.717, 1.165) is 0 Å². The van der Waals surface area contributed by atoms with Gasteiger partial charge in [0.25, 0.3) is 0 Å². The van der Waals surface area contributed by atoms with Gasteiger partial charge in [-0.1, -0.05) is 35.9 Å². The first kappa shape index (κ1) is 17.9. The van der Waals surface area contributed by atoms with Crippen LogP contribution in [0, 0.1) is 5.92 Å². The van der Waals surface area contributed by atoms with Crippen molar-refractivity contribution in [2.45, 2.75) is 6.42 Å². The highest BCUT2D eigenvalue weighted by molar-refractivity contribution is 6.34. The number of hydrogen-bond donors (Lipinski definition) is 1. The molecule has 1 heterocycles. The normalized spacial score (nSPS) is 16.5. The summed E-state index contributed by atoms with van der Waals surface area (Å²) in [5.74, 6) is -1.57. The SMILES string of the molecule is COC(=O)c1ccccc1NC(=O)C1CC(=O)N(c2ccccc2Cl)C1. The third kappa shape index (κ3) is 3.55. The van der Waals surface area contributed by atoms with E-state index in [2.05, 4.69) is 5.32 Å². The molecular weight excluding hydrogens is 356 g/mol. The molecule has 0 spiro atoms. The number of amides is 2. The average molecular weight is 373 g/mol. The summed E-state index contributed by atoms with van der Waals surface area (Å²) in [6.07, 6.45) is 0.0808. The van der Waals surface area contributed by atoms with E-state index in [9.17, 15) is 14.4 Å². The molecule has 0 radical (unpaired) electrons.